The van der Waals surface area contributed by atoms with E-state index < -0.39 is 11.8 Å². The lowest BCUT2D eigenvalue weighted by Gasteiger charge is -2.13. The molecule has 29 heavy (non-hydrogen) atoms. The minimum atomic E-state index is -0.472. The molecule has 2 aromatic rings. The van der Waals surface area contributed by atoms with Crippen LogP contribution in [0.15, 0.2) is 36.4 Å². The van der Waals surface area contributed by atoms with Gasteiger partial charge in [0.25, 0.3) is 11.8 Å². The van der Waals surface area contributed by atoms with E-state index in [2.05, 4.69) is 17.8 Å². The molecule has 0 spiro atoms. The summed E-state index contributed by atoms with van der Waals surface area (Å²) in [5, 5.41) is 0. The van der Waals surface area contributed by atoms with Crippen LogP contribution >= 0.6 is 0 Å². The standard InChI is InChI=1S/C21H24N2O6/c1-3-5-10-27-16-8-6-14(11-18(16)26-4-2)20(24)22-23-21(25)15-7-9-17-19(12-15)29-13-28-17/h6-9,11-12H,3-5,10,13H2,1-2H3,(H,22,24)(H,23,25). The molecule has 0 saturated heterocycles. The SMILES string of the molecule is CCCCOc1ccc(C(=O)NNC(=O)c2ccc3c(c2)OCO3)cc1OCC. The molecule has 0 radical (unpaired) electrons. The molecule has 2 amide bonds. The molecule has 0 aromatic heterocycles. The molecule has 2 N–H and O–H groups in total. The van der Waals surface area contributed by atoms with Crippen molar-refractivity contribution in [3.05, 3.63) is 47.5 Å². The summed E-state index contributed by atoms with van der Waals surface area (Å²) in [5.74, 6) is 1.19. The summed E-state index contributed by atoms with van der Waals surface area (Å²) in [6, 6.07) is 9.68. The molecule has 0 atom stereocenters. The maximum atomic E-state index is 12.4. The van der Waals surface area contributed by atoms with E-state index in [0.29, 0.717) is 47.3 Å². The number of hydrazine groups is 1. The van der Waals surface area contributed by atoms with E-state index in [4.69, 9.17) is 18.9 Å². The van der Waals surface area contributed by atoms with Crippen molar-refractivity contribution in [3.8, 4) is 23.0 Å². The van der Waals surface area contributed by atoms with Crippen molar-refractivity contribution in [2.24, 2.45) is 0 Å². The Bertz CT molecular complexity index is 883. The molecular formula is C21H24N2O6. The highest BCUT2D eigenvalue weighted by Gasteiger charge is 2.17. The second-order valence-electron chi connectivity index (χ2n) is 6.27. The van der Waals surface area contributed by atoms with E-state index >= 15 is 0 Å². The van der Waals surface area contributed by atoms with Gasteiger partial charge in [-0.3, -0.25) is 20.4 Å². The van der Waals surface area contributed by atoms with Gasteiger partial charge in [-0.25, -0.2) is 0 Å². The molecule has 1 heterocycles. The van der Waals surface area contributed by atoms with Crippen LogP contribution in [0.25, 0.3) is 0 Å². The molecule has 0 aliphatic carbocycles. The molecular weight excluding hydrogens is 376 g/mol. The fourth-order valence-electron chi connectivity index (χ4n) is 2.66. The highest BCUT2D eigenvalue weighted by Crippen LogP contribution is 2.32. The number of nitrogens with one attached hydrogen (secondary N) is 2. The molecule has 0 bridgehead atoms. The Morgan fingerprint density at radius 2 is 1.59 bits per heavy atom. The maximum absolute atomic E-state index is 12.4. The zero-order chi connectivity index (χ0) is 20.6. The van der Waals surface area contributed by atoms with Gasteiger partial charge in [-0.2, -0.15) is 0 Å². The number of amides is 2. The van der Waals surface area contributed by atoms with Crippen molar-refractivity contribution in [1.29, 1.82) is 0 Å². The molecule has 0 unspecified atom stereocenters. The summed E-state index contributed by atoms with van der Waals surface area (Å²) in [6.45, 7) is 5.08. The Labute approximate surface area is 169 Å². The van der Waals surface area contributed by atoms with Crippen molar-refractivity contribution in [1.82, 2.24) is 10.9 Å². The van der Waals surface area contributed by atoms with E-state index in [1.807, 2.05) is 6.92 Å². The van der Waals surface area contributed by atoms with Gasteiger partial charge in [-0.05, 0) is 49.7 Å². The van der Waals surface area contributed by atoms with Crippen LogP contribution in [-0.2, 0) is 0 Å². The summed E-state index contributed by atoms with van der Waals surface area (Å²) in [6.07, 6.45) is 1.95. The fourth-order valence-corrected chi connectivity index (χ4v) is 2.66. The quantitative estimate of drug-likeness (QED) is 0.522. The van der Waals surface area contributed by atoms with Gasteiger partial charge in [0.15, 0.2) is 23.0 Å². The first-order chi connectivity index (χ1) is 14.1. The predicted molar refractivity (Wildman–Crippen MR) is 106 cm³/mol. The van der Waals surface area contributed by atoms with Crippen LogP contribution in [0.4, 0.5) is 0 Å². The van der Waals surface area contributed by atoms with Crippen LogP contribution in [0.3, 0.4) is 0 Å². The van der Waals surface area contributed by atoms with Gasteiger partial charge < -0.3 is 18.9 Å². The van der Waals surface area contributed by atoms with Gasteiger partial charge in [0, 0.05) is 11.1 Å². The minimum absolute atomic E-state index is 0.122. The van der Waals surface area contributed by atoms with Gasteiger partial charge >= 0.3 is 0 Å². The molecule has 154 valence electrons. The van der Waals surface area contributed by atoms with Crippen LogP contribution in [-0.4, -0.2) is 31.8 Å². The van der Waals surface area contributed by atoms with Crippen LogP contribution in [0.1, 0.15) is 47.4 Å². The van der Waals surface area contributed by atoms with E-state index in [1.54, 1.807) is 36.4 Å². The molecule has 3 rings (SSSR count). The van der Waals surface area contributed by atoms with Crippen LogP contribution in [0, 0.1) is 0 Å². The molecule has 8 nitrogen and oxygen atoms in total. The first-order valence-electron chi connectivity index (χ1n) is 9.52. The van der Waals surface area contributed by atoms with Gasteiger partial charge in [0.05, 0.1) is 13.2 Å². The normalized spacial score (nSPS) is 11.7. The topological polar surface area (TPSA) is 95.1 Å². The first kappa shape index (κ1) is 20.3. The van der Waals surface area contributed by atoms with E-state index in [0.717, 1.165) is 12.8 Å². The van der Waals surface area contributed by atoms with Crippen molar-refractivity contribution >= 4 is 11.8 Å². The Hall–Kier alpha value is -3.42. The Morgan fingerprint density at radius 1 is 0.897 bits per heavy atom. The number of benzene rings is 2. The number of rotatable bonds is 8. The Morgan fingerprint density at radius 3 is 2.31 bits per heavy atom. The number of hydrogen-bond acceptors (Lipinski definition) is 6. The second kappa shape index (κ2) is 9.68. The van der Waals surface area contributed by atoms with Crippen molar-refractivity contribution in [2.75, 3.05) is 20.0 Å². The third-order valence-corrected chi connectivity index (χ3v) is 4.19. The third kappa shape index (κ3) is 5.10. The molecule has 0 fully saturated rings. The smallest absolute Gasteiger partial charge is 0.269 e. The Kier molecular flexibility index (Phi) is 6.78. The Balaban J connectivity index is 1.62. The average Bonchev–Trinajstić information content (AvgIpc) is 3.21. The lowest BCUT2D eigenvalue weighted by atomic mass is 10.2. The largest absolute Gasteiger partial charge is 0.490 e. The maximum Gasteiger partial charge on any atom is 0.269 e. The molecule has 8 heteroatoms. The molecule has 0 saturated carbocycles. The van der Waals surface area contributed by atoms with Crippen LogP contribution < -0.4 is 29.8 Å². The van der Waals surface area contributed by atoms with E-state index in [-0.39, 0.29) is 6.79 Å². The zero-order valence-electron chi connectivity index (χ0n) is 16.4. The van der Waals surface area contributed by atoms with Gasteiger partial charge in [0.1, 0.15) is 0 Å². The fraction of sp³-hybridized carbons (Fsp3) is 0.333. The summed E-state index contributed by atoms with van der Waals surface area (Å²) in [5.41, 5.74) is 5.46. The number of carbonyl (C=O) groups excluding carboxylic acids is 2. The number of unbranched alkanes of at least 4 members (excludes halogenated alkanes) is 1. The van der Waals surface area contributed by atoms with E-state index in [1.165, 1.54) is 0 Å². The van der Waals surface area contributed by atoms with Gasteiger partial charge in [-0.1, -0.05) is 13.3 Å². The van der Waals surface area contributed by atoms with Gasteiger partial charge in [-0.15, -0.1) is 0 Å². The van der Waals surface area contributed by atoms with Crippen molar-refractivity contribution in [3.63, 3.8) is 0 Å². The number of fused-ring (bicyclic) bond motifs is 1. The molecule has 2 aromatic carbocycles. The molecule has 1 aliphatic heterocycles. The third-order valence-electron chi connectivity index (χ3n) is 4.19. The first-order valence-corrected chi connectivity index (χ1v) is 9.52. The highest BCUT2D eigenvalue weighted by molar-refractivity contribution is 5.99. The average molecular weight is 400 g/mol. The van der Waals surface area contributed by atoms with Crippen molar-refractivity contribution in [2.45, 2.75) is 26.7 Å². The minimum Gasteiger partial charge on any atom is -0.490 e. The number of hydrogen-bond donors (Lipinski definition) is 2. The van der Waals surface area contributed by atoms with Crippen LogP contribution in [0.2, 0.25) is 0 Å². The second-order valence-corrected chi connectivity index (χ2v) is 6.27. The summed E-state index contributed by atoms with van der Waals surface area (Å²) in [7, 11) is 0. The summed E-state index contributed by atoms with van der Waals surface area (Å²) >= 11 is 0. The summed E-state index contributed by atoms with van der Waals surface area (Å²) in [4.78, 5) is 24.7. The molecule has 1 aliphatic rings. The predicted octanol–water partition coefficient (Wildman–Crippen LogP) is 3.07. The monoisotopic (exact) mass is 400 g/mol. The highest BCUT2D eigenvalue weighted by atomic mass is 16.7. The van der Waals surface area contributed by atoms with Gasteiger partial charge in [0.2, 0.25) is 6.79 Å². The van der Waals surface area contributed by atoms with E-state index in [9.17, 15) is 9.59 Å². The van der Waals surface area contributed by atoms with Crippen molar-refractivity contribution < 1.29 is 28.5 Å². The number of carbonyl (C=O) groups is 2. The van der Waals surface area contributed by atoms with Crippen LogP contribution in [0.5, 0.6) is 23.0 Å². The number of ether oxygens (including phenoxy) is 4. The lowest BCUT2D eigenvalue weighted by Crippen LogP contribution is -2.41. The zero-order valence-corrected chi connectivity index (χ0v) is 16.4. The lowest BCUT2D eigenvalue weighted by molar-refractivity contribution is 0.0846. The summed E-state index contributed by atoms with van der Waals surface area (Å²) < 4.78 is 21.8.